The molecule has 0 aromatic heterocycles. The maximum Gasteiger partial charge on any atom is 0.264 e. The summed E-state index contributed by atoms with van der Waals surface area (Å²) in [4.78, 5) is 28.4. The number of nitrogens with one attached hydrogen (secondary N) is 1. The van der Waals surface area contributed by atoms with E-state index in [1.165, 1.54) is 29.2 Å². The highest BCUT2D eigenvalue weighted by molar-refractivity contribution is 7.92. The third-order valence-corrected chi connectivity index (χ3v) is 8.38. The van der Waals surface area contributed by atoms with Crippen LogP contribution >= 0.6 is 11.6 Å². The molecule has 214 valence electrons. The monoisotopic (exact) mass is 585 g/mol. The number of sulfonamides is 1. The molecule has 40 heavy (non-hydrogen) atoms. The number of hydrogen-bond donors (Lipinski definition) is 1. The van der Waals surface area contributed by atoms with Crippen LogP contribution in [0, 0.1) is 0 Å². The molecule has 0 radical (unpaired) electrons. The highest BCUT2D eigenvalue weighted by atomic mass is 35.5. The fraction of sp³-hybridized carbons (Fsp3) is 0.333. The number of nitrogens with zero attached hydrogens (tertiary/aromatic N) is 2. The molecule has 0 saturated heterocycles. The number of ether oxygens (including phenoxy) is 1. The van der Waals surface area contributed by atoms with Crippen molar-refractivity contribution < 1.29 is 22.7 Å². The van der Waals surface area contributed by atoms with Crippen LogP contribution in [0.2, 0.25) is 5.02 Å². The Kier molecular flexibility index (Phi) is 11.4. The first-order valence-electron chi connectivity index (χ1n) is 13.3. The zero-order chi connectivity index (χ0) is 29.1. The molecule has 0 bridgehead atoms. The zero-order valence-corrected chi connectivity index (χ0v) is 24.6. The molecule has 0 unspecified atom stereocenters. The van der Waals surface area contributed by atoms with E-state index in [1.807, 2.05) is 51.1 Å². The van der Waals surface area contributed by atoms with Crippen LogP contribution in [-0.4, -0.2) is 57.4 Å². The number of likely N-dealkylation sites (N-methyl/N-ethyl adjacent to an activating group) is 1. The maximum absolute atomic E-state index is 14.0. The van der Waals surface area contributed by atoms with E-state index >= 15 is 0 Å². The van der Waals surface area contributed by atoms with Crippen molar-refractivity contribution in [1.29, 1.82) is 0 Å². The normalized spacial score (nSPS) is 11.9. The van der Waals surface area contributed by atoms with Gasteiger partial charge in [0.15, 0.2) is 0 Å². The lowest BCUT2D eigenvalue weighted by Crippen LogP contribution is -2.53. The van der Waals surface area contributed by atoms with Crippen molar-refractivity contribution in [2.75, 3.05) is 30.5 Å². The molecule has 8 nitrogen and oxygen atoms in total. The average molecular weight is 586 g/mol. The summed E-state index contributed by atoms with van der Waals surface area (Å²) in [5, 5.41) is 3.19. The standard InChI is InChI=1S/C30H36ClN3O5S/c1-4-28(30(36)32-5-2)33(21-20-23-10-8-7-9-11-23)29(35)22-34(25-14-16-26(17-15-25)39-6-3)40(37,38)27-18-12-24(31)13-19-27/h7-19,28H,4-6,20-22H2,1-3H3,(H,32,36)/t28-/m0/s1. The Labute approximate surface area is 241 Å². The molecule has 0 aliphatic heterocycles. The number of anilines is 1. The lowest BCUT2D eigenvalue weighted by molar-refractivity contribution is -0.139. The lowest BCUT2D eigenvalue weighted by Gasteiger charge is -2.33. The summed E-state index contributed by atoms with van der Waals surface area (Å²) >= 11 is 6.00. The van der Waals surface area contributed by atoms with E-state index in [2.05, 4.69) is 5.32 Å². The molecule has 1 N–H and O–H groups in total. The third kappa shape index (κ3) is 7.99. The molecule has 3 aromatic carbocycles. The molecule has 0 heterocycles. The molecular weight excluding hydrogens is 550 g/mol. The summed E-state index contributed by atoms with van der Waals surface area (Å²) in [6, 6.07) is 21.2. The van der Waals surface area contributed by atoms with Crippen LogP contribution in [0.5, 0.6) is 5.75 Å². The number of benzene rings is 3. The Morgan fingerprint density at radius 1 is 0.925 bits per heavy atom. The summed E-state index contributed by atoms with van der Waals surface area (Å²) in [5.74, 6) is -0.187. The molecule has 1 atom stereocenters. The van der Waals surface area contributed by atoms with Crippen molar-refractivity contribution in [2.24, 2.45) is 0 Å². The van der Waals surface area contributed by atoms with Gasteiger partial charge in [0, 0.05) is 18.1 Å². The van der Waals surface area contributed by atoms with Gasteiger partial charge in [-0.05, 0) is 80.8 Å². The van der Waals surface area contributed by atoms with Crippen LogP contribution in [0.4, 0.5) is 5.69 Å². The number of hydrogen-bond acceptors (Lipinski definition) is 5. The lowest BCUT2D eigenvalue weighted by atomic mass is 10.1. The Morgan fingerprint density at radius 2 is 1.57 bits per heavy atom. The van der Waals surface area contributed by atoms with Crippen molar-refractivity contribution in [2.45, 2.75) is 44.6 Å². The van der Waals surface area contributed by atoms with E-state index in [1.54, 1.807) is 24.3 Å². The van der Waals surface area contributed by atoms with Crippen molar-refractivity contribution in [3.8, 4) is 5.75 Å². The minimum absolute atomic E-state index is 0.00909. The molecule has 0 spiro atoms. The summed E-state index contributed by atoms with van der Waals surface area (Å²) < 4.78 is 34.3. The molecule has 0 aliphatic carbocycles. The van der Waals surface area contributed by atoms with Crippen molar-refractivity contribution in [3.05, 3.63) is 89.4 Å². The van der Waals surface area contributed by atoms with Gasteiger partial charge < -0.3 is 15.0 Å². The van der Waals surface area contributed by atoms with Gasteiger partial charge in [-0.15, -0.1) is 0 Å². The van der Waals surface area contributed by atoms with Crippen LogP contribution in [0.15, 0.2) is 83.8 Å². The molecule has 3 rings (SSSR count). The zero-order valence-electron chi connectivity index (χ0n) is 23.0. The Hall–Kier alpha value is -3.56. The second-order valence-corrected chi connectivity index (χ2v) is 11.3. The first kappa shape index (κ1) is 31.0. The van der Waals surface area contributed by atoms with E-state index in [4.69, 9.17) is 16.3 Å². The highest BCUT2D eigenvalue weighted by Crippen LogP contribution is 2.27. The number of amides is 2. The predicted molar refractivity (Wildman–Crippen MR) is 158 cm³/mol. The van der Waals surface area contributed by atoms with E-state index in [0.29, 0.717) is 42.5 Å². The van der Waals surface area contributed by atoms with Gasteiger partial charge in [-0.1, -0.05) is 48.9 Å². The highest BCUT2D eigenvalue weighted by Gasteiger charge is 2.33. The van der Waals surface area contributed by atoms with E-state index in [0.717, 1.165) is 9.87 Å². The van der Waals surface area contributed by atoms with Crippen LogP contribution in [-0.2, 0) is 26.0 Å². The van der Waals surface area contributed by atoms with E-state index in [9.17, 15) is 18.0 Å². The fourth-order valence-electron chi connectivity index (χ4n) is 4.33. The van der Waals surface area contributed by atoms with Gasteiger partial charge in [0.2, 0.25) is 11.8 Å². The Bertz CT molecular complexity index is 1350. The largest absolute Gasteiger partial charge is 0.494 e. The SMILES string of the molecule is CCNC(=O)[C@H](CC)N(CCc1ccccc1)C(=O)CN(c1ccc(OCC)cc1)S(=O)(=O)c1ccc(Cl)cc1. The summed E-state index contributed by atoms with van der Waals surface area (Å²) in [5.41, 5.74) is 1.30. The maximum atomic E-state index is 14.0. The number of rotatable bonds is 14. The predicted octanol–water partition coefficient (Wildman–Crippen LogP) is 4.92. The van der Waals surface area contributed by atoms with Gasteiger partial charge in [0.25, 0.3) is 10.0 Å². The summed E-state index contributed by atoms with van der Waals surface area (Å²) in [6.45, 7) is 6.12. The Balaban J connectivity index is 2.00. The van der Waals surface area contributed by atoms with Crippen molar-refractivity contribution >= 4 is 39.1 Å². The number of carbonyl (C=O) groups is 2. The van der Waals surface area contributed by atoms with Gasteiger partial charge in [-0.3, -0.25) is 13.9 Å². The smallest absolute Gasteiger partial charge is 0.264 e. The van der Waals surface area contributed by atoms with Crippen LogP contribution in [0.25, 0.3) is 0 Å². The topological polar surface area (TPSA) is 96.0 Å². The fourth-order valence-corrected chi connectivity index (χ4v) is 5.87. The summed E-state index contributed by atoms with van der Waals surface area (Å²) in [7, 11) is -4.17. The molecule has 3 aromatic rings. The number of carbonyl (C=O) groups excluding carboxylic acids is 2. The quantitative estimate of drug-likeness (QED) is 0.290. The first-order valence-corrected chi connectivity index (χ1v) is 15.1. The molecule has 10 heteroatoms. The van der Waals surface area contributed by atoms with Crippen molar-refractivity contribution in [3.63, 3.8) is 0 Å². The summed E-state index contributed by atoms with van der Waals surface area (Å²) in [6.07, 6.45) is 0.884. The van der Waals surface area contributed by atoms with Gasteiger partial charge in [0.1, 0.15) is 18.3 Å². The van der Waals surface area contributed by atoms with Crippen LogP contribution < -0.4 is 14.4 Å². The van der Waals surface area contributed by atoms with Gasteiger partial charge >= 0.3 is 0 Å². The van der Waals surface area contributed by atoms with E-state index < -0.39 is 28.5 Å². The second kappa shape index (κ2) is 14.7. The van der Waals surface area contributed by atoms with Gasteiger partial charge in [-0.2, -0.15) is 0 Å². The molecule has 2 amide bonds. The van der Waals surface area contributed by atoms with Gasteiger partial charge in [0.05, 0.1) is 17.2 Å². The second-order valence-electron chi connectivity index (χ2n) is 9.03. The molecular formula is C30H36ClN3O5S. The minimum atomic E-state index is -4.17. The van der Waals surface area contributed by atoms with Crippen LogP contribution in [0.1, 0.15) is 32.8 Å². The van der Waals surface area contributed by atoms with Crippen molar-refractivity contribution in [1.82, 2.24) is 10.2 Å². The van der Waals surface area contributed by atoms with Crippen LogP contribution in [0.3, 0.4) is 0 Å². The average Bonchev–Trinajstić information content (AvgIpc) is 2.95. The first-order chi connectivity index (χ1) is 19.2. The molecule has 0 fully saturated rings. The molecule has 0 saturated carbocycles. The third-order valence-electron chi connectivity index (χ3n) is 6.34. The molecule has 0 aliphatic rings. The van der Waals surface area contributed by atoms with Gasteiger partial charge in [-0.25, -0.2) is 8.42 Å². The minimum Gasteiger partial charge on any atom is -0.494 e. The number of halogens is 1. The van der Waals surface area contributed by atoms with E-state index in [-0.39, 0.29) is 17.3 Å². The Morgan fingerprint density at radius 3 is 2.15 bits per heavy atom.